The average Bonchev–Trinajstić information content (AvgIpc) is 2.56. The molecule has 2 rings (SSSR count). The quantitative estimate of drug-likeness (QED) is 0.371. The number of carbonyl (C=O) groups is 1. The Morgan fingerprint density at radius 1 is 1.69 bits per heavy atom. The molecule has 1 spiro atoms. The van der Waals surface area contributed by atoms with Crippen LogP contribution in [0.15, 0.2) is 0 Å². The van der Waals surface area contributed by atoms with Gasteiger partial charge in [-0.15, -0.1) is 0 Å². The maximum absolute atomic E-state index is 11.3. The van der Waals surface area contributed by atoms with Crippen molar-refractivity contribution in [3.8, 4) is 0 Å². The Morgan fingerprint density at radius 2 is 2.38 bits per heavy atom. The molecule has 13 heavy (non-hydrogen) atoms. The summed E-state index contributed by atoms with van der Waals surface area (Å²) < 4.78 is 10.0. The molecular formula is C9H13ClO3. The van der Waals surface area contributed by atoms with Gasteiger partial charge in [0.1, 0.15) is 5.60 Å². The highest BCUT2D eigenvalue weighted by Gasteiger charge is 2.78. The Labute approximate surface area is 82.3 Å². The fourth-order valence-electron chi connectivity index (χ4n) is 2.35. The number of epoxide rings is 1. The topological polar surface area (TPSA) is 38.8 Å². The molecule has 0 bridgehead atoms. The van der Waals surface area contributed by atoms with Crippen LogP contribution in [0.2, 0.25) is 0 Å². The molecule has 3 atom stereocenters. The molecule has 1 heterocycles. The lowest BCUT2D eigenvalue weighted by Gasteiger charge is -2.11. The molecule has 0 aromatic rings. The Bertz CT molecular complexity index is 255. The first-order valence-electron chi connectivity index (χ1n) is 4.54. The Hall–Kier alpha value is -0.280. The fraction of sp³-hybridized carbons (Fsp3) is 0.889. The van der Waals surface area contributed by atoms with Crippen molar-refractivity contribution in [2.24, 2.45) is 5.92 Å². The van der Waals surface area contributed by atoms with E-state index in [1.807, 2.05) is 0 Å². The van der Waals surface area contributed by atoms with Gasteiger partial charge in [0.05, 0.1) is 7.11 Å². The molecule has 1 saturated carbocycles. The van der Waals surface area contributed by atoms with Gasteiger partial charge in [-0.05, 0) is 18.8 Å². The van der Waals surface area contributed by atoms with Crippen molar-refractivity contribution in [1.29, 1.82) is 0 Å². The van der Waals surface area contributed by atoms with Crippen molar-refractivity contribution >= 4 is 17.6 Å². The van der Waals surface area contributed by atoms with Gasteiger partial charge in [-0.3, -0.25) is 0 Å². The third kappa shape index (κ3) is 0.974. The van der Waals surface area contributed by atoms with Crippen LogP contribution >= 0.6 is 11.6 Å². The van der Waals surface area contributed by atoms with Gasteiger partial charge >= 0.3 is 5.97 Å². The number of ether oxygens (including phenoxy) is 2. The molecule has 0 amide bonds. The fourth-order valence-corrected chi connectivity index (χ4v) is 2.85. The number of hydrogen-bond donors (Lipinski definition) is 0. The van der Waals surface area contributed by atoms with Crippen LogP contribution in [0.4, 0.5) is 0 Å². The molecule has 0 aromatic heterocycles. The first kappa shape index (κ1) is 9.28. The van der Waals surface area contributed by atoms with Crippen molar-refractivity contribution in [3.63, 3.8) is 0 Å². The zero-order chi connectivity index (χ0) is 9.69. The second-order valence-electron chi connectivity index (χ2n) is 3.87. The van der Waals surface area contributed by atoms with E-state index in [1.165, 1.54) is 7.11 Å². The summed E-state index contributed by atoms with van der Waals surface area (Å²) in [7, 11) is 1.33. The minimum atomic E-state index is -1.18. The van der Waals surface area contributed by atoms with Crippen molar-refractivity contribution in [3.05, 3.63) is 0 Å². The van der Waals surface area contributed by atoms with E-state index in [9.17, 15) is 4.79 Å². The molecule has 0 aromatic carbocycles. The summed E-state index contributed by atoms with van der Waals surface area (Å²) in [6, 6.07) is 0. The smallest absolute Gasteiger partial charge is 0.357 e. The second-order valence-corrected chi connectivity index (χ2v) is 4.40. The van der Waals surface area contributed by atoms with E-state index in [0.29, 0.717) is 5.92 Å². The highest BCUT2D eigenvalue weighted by molar-refractivity contribution is 6.36. The van der Waals surface area contributed by atoms with Crippen LogP contribution in [0.25, 0.3) is 0 Å². The van der Waals surface area contributed by atoms with Crippen LogP contribution in [0.5, 0.6) is 0 Å². The number of halogens is 1. The summed E-state index contributed by atoms with van der Waals surface area (Å²) in [5.41, 5.74) is -0.429. The van der Waals surface area contributed by atoms with E-state index in [0.717, 1.165) is 19.3 Å². The van der Waals surface area contributed by atoms with E-state index >= 15 is 0 Å². The van der Waals surface area contributed by atoms with Crippen LogP contribution in [0.1, 0.15) is 26.2 Å². The van der Waals surface area contributed by atoms with Gasteiger partial charge in [0.15, 0.2) is 0 Å². The summed E-state index contributed by atoms with van der Waals surface area (Å²) in [5.74, 6) is -0.105. The first-order chi connectivity index (χ1) is 6.07. The van der Waals surface area contributed by atoms with Crippen molar-refractivity contribution in [2.45, 2.75) is 36.8 Å². The third-order valence-electron chi connectivity index (χ3n) is 3.25. The first-order valence-corrected chi connectivity index (χ1v) is 4.92. The summed E-state index contributed by atoms with van der Waals surface area (Å²) in [5, 5.41) is -1.18. The van der Waals surface area contributed by atoms with E-state index in [-0.39, 0.29) is 0 Å². The predicted octanol–water partition coefficient (Wildman–Crippen LogP) is 1.68. The van der Waals surface area contributed by atoms with Crippen LogP contribution in [-0.4, -0.2) is 23.7 Å². The number of alkyl halides is 1. The normalized spacial score (nSPS) is 48.1. The monoisotopic (exact) mass is 204 g/mol. The zero-order valence-corrected chi connectivity index (χ0v) is 8.56. The maximum atomic E-state index is 11.3. The van der Waals surface area contributed by atoms with Gasteiger partial charge in [0.2, 0.25) is 0 Å². The molecule has 1 aliphatic carbocycles. The number of hydrogen-bond acceptors (Lipinski definition) is 3. The summed E-state index contributed by atoms with van der Waals surface area (Å²) in [6.07, 6.45) is 3.02. The lowest BCUT2D eigenvalue weighted by atomic mass is 9.94. The van der Waals surface area contributed by atoms with Gasteiger partial charge in [0, 0.05) is 0 Å². The minimum absolute atomic E-state index is 0.351. The van der Waals surface area contributed by atoms with E-state index in [1.54, 1.807) is 0 Å². The number of carbonyl (C=O) groups excluding carboxylic acids is 1. The van der Waals surface area contributed by atoms with Crippen molar-refractivity contribution < 1.29 is 14.3 Å². The number of rotatable bonds is 1. The number of esters is 1. The third-order valence-corrected chi connectivity index (χ3v) is 3.81. The Morgan fingerprint density at radius 3 is 2.85 bits per heavy atom. The lowest BCUT2D eigenvalue weighted by molar-refractivity contribution is -0.143. The standard InChI is InChI=1S/C9H13ClO3/c1-6-4-3-5-8(6)9(10,13-8)7(11)12-2/h6H,3-5H2,1-2H3. The van der Waals surface area contributed by atoms with E-state index in [2.05, 4.69) is 11.7 Å². The van der Waals surface area contributed by atoms with Crippen LogP contribution in [0.3, 0.4) is 0 Å². The molecule has 0 radical (unpaired) electrons. The highest BCUT2D eigenvalue weighted by atomic mass is 35.5. The SMILES string of the molecule is COC(=O)C1(Cl)OC12CCCC2C. The molecule has 74 valence electrons. The van der Waals surface area contributed by atoms with E-state index < -0.39 is 16.6 Å². The average molecular weight is 205 g/mol. The largest absolute Gasteiger partial charge is 0.466 e. The maximum Gasteiger partial charge on any atom is 0.357 e. The zero-order valence-electron chi connectivity index (χ0n) is 7.80. The van der Waals surface area contributed by atoms with Crippen LogP contribution < -0.4 is 0 Å². The molecule has 3 nitrogen and oxygen atoms in total. The molecular weight excluding hydrogens is 192 g/mol. The molecule has 3 unspecified atom stereocenters. The van der Waals surface area contributed by atoms with Gasteiger partial charge < -0.3 is 9.47 Å². The second kappa shape index (κ2) is 2.61. The molecule has 1 saturated heterocycles. The summed E-state index contributed by atoms with van der Waals surface area (Å²) in [4.78, 5) is 11.3. The number of methoxy groups -OCH3 is 1. The molecule has 4 heteroatoms. The molecule has 2 fully saturated rings. The van der Waals surface area contributed by atoms with Gasteiger partial charge in [-0.1, -0.05) is 24.9 Å². The van der Waals surface area contributed by atoms with Crippen LogP contribution in [0, 0.1) is 5.92 Å². The predicted molar refractivity (Wildman–Crippen MR) is 47.4 cm³/mol. The molecule has 0 N–H and O–H groups in total. The van der Waals surface area contributed by atoms with E-state index in [4.69, 9.17) is 16.3 Å². The van der Waals surface area contributed by atoms with Crippen LogP contribution in [-0.2, 0) is 14.3 Å². The minimum Gasteiger partial charge on any atom is -0.466 e. The van der Waals surface area contributed by atoms with Gasteiger partial charge in [-0.25, -0.2) is 4.79 Å². The van der Waals surface area contributed by atoms with Crippen molar-refractivity contribution in [2.75, 3.05) is 7.11 Å². The molecule has 1 aliphatic heterocycles. The summed E-state index contributed by atoms with van der Waals surface area (Å²) >= 11 is 6.06. The van der Waals surface area contributed by atoms with Gasteiger partial charge in [-0.2, -0.15) is 0 Å². The lowest BCUT2D eigenvalue weighted by Crippen LogP contribution is -2.31. The Kier molecular flexibility index (Phi) is 1.86. The van der Waals surface area contributed by atoms with Crippen molar-refractivity contribution in [1.82, 2.24) is 0 Å². The summed E-state index contributed by atoms with van der Waals surface area (Å²) in [6.45, 7) is 2.07. The molecule has 2 aliphatic rings. The van der Waals surface area contributed by atoms with Gasteiger partial charge in [0.25, 0.3) is 5.06 Å². The highest BCUT2D eigenvalue weighted by Crippen LogP contribution is 2.63. The Balaban J connectivity index is 2.19.